The summed E-state index contributed by atoms with van der Waals surface area (Å²) in [5, 5.41) is 1.09. The second kappa shape index (κ2) is 7.64. The largest absolute Gasteiger partial charge is 0.497 e. The monoisotopic (exact) mass is 358 g/mol. The molecule has 0 bridgehead atoms. The molecule has 1 amide bonds. The number of halogens is 3. The van der Waals surface area contributed by atoms with Gasteiger partial charge in [0.1, 0.15) is 11.8 Å². The molecular weight excluding hydrogens is 333 g/mol. The summed E-state index contributed by atoms with van der Waals surface area (Å²) in [6, 6.07) is 5.87. The first-order chi connectivity index (χ1) is 11.6. The molecule has 25 heavy (non-hydrogen) atoms. The average Bonchev–Trinajstić information content (AvgIpc) is 2.78. The summed E-state index contributed by atoms with van der Waals surface area (Å²) in [7, 11) is 1.59. The van der Waals surface area contributed by atoms with Crippen LogP contribution < -0.4 is 10.2 Å². The van der Waals surface area contributed by atoms with Crippen LogP contribution in [0.15, 0.2) is 24.3 Å². The molecule has 0 aliphatic carbocycles. The molecule has 4 nitrogen and oxygen atoms in total. The quantitative estimate of drug-likeness (QED) is 0.753. The maximum Gasteiger partial charge on any atom is 0.405 e. The van der Waals surface area contributed by atoms with E-state index in [2.05, 4.69) is 5.43 Å². The Hall–Kier alpha value is -1.76. The SMILES string of the molecule is COc1ccc(CCCC[C@H](N2NC(=O)CC2(C)C)C(F)(F)F)cc1. The molecule has 2 rings (SSSR count). The first-order valence-electron chi connectivity index (χ1n) is 8.42. The van der Waals surface area contributed by atoms with Gasteiger partial charge in [0.2, 0.25) is 5.91 Å². The van der Waals surface area contributed by atoms with Crippen molar-refractivity contribution < 1.29 is 22.7 Å². The van der Waals surface area contributed by atoms with Gasteiger partial charge in [-0.2, -0.15) is 13.2 Å². The number of carbonyl (C=O) groups is 1. The zero-order valence-corrected chi connectivity index (χ0v) is 14.8. The third-order valence-electron chi connectivity index (χ3n) is 4.53. The summed E-state index contributed by atoms with van der Waals surface area (Å²) in [5.74, 6) is 0.394. The molecule has 1 aromatic carbocycles. The summed E-state index contributed by atoms with van der Waals surface area (Å²) in [6.45, 7) is 3.31. The van der Waals surface area contributed by atoms with Crippen LogP contribution in [0.1, 0.15) is 45.1 Å². The van der Waals surface area contributed by atoms with Crippen molar-refractivity contribution >= 4 is 5.91 Å². The van der Waals surface area contributed by atoms with E-state index in [4.69, 9.17) is 4.74 Å². The number of hydrogen-bond donors (Lipinski definition) is 1. The number of rotatable bonds is 7. The molecule has 1 aliphatic rings. The van der Waals surface area contributed by atoms with Gasteiger partial charge < -0.3 is 4.74 Å². The van der Waals surface area contributed by atoms with Gasteiger partial charge in [-0.25, -0.2) is 5.01 Å². The van der Waals surface area contributed by atoms with Crippen LogP contribution in [-0.2, 0) is 11.2 Å². The Labute approximate surface area is 146 Å². The highest BCUT2D eigenvalue weighted by atomic mass is 19.4. The van der Waals surface area contributed by atoms with Gasteiger partial charge in [0, 0.05) is 12.0 Å². The van der Waals surface area contributed by atoms with Gasteiger partial charge in [0.15, 0.2) is 0 Å². The molecule has 1 fully saturated rings. The Morgan fingerprint density at radius 3 is 2.36 bits per heavy atom. The molecule has 1 aliphatic heterocycles. The second-order valence-corrected chi connectivity index (χ2v) is 7.05. The Bertz CT molecular complexity index is 585. The minimum Gasteiger partial charge on any atom is -0.497 e. The predicted octanol–water partition coefficient (Wildman–Crippen LogP) is 3.85. The molecule has 0 aromatic heterocycles. The van der Waals surface area contributed by atoms with Crippen LogP contribution in [0.25, 0.3) is 0 Å². The van der Waals surface area contributed by atoms with E-state index in [-0.39, 0.29) is 18.7 Å². The predicted molar refractivity (Wildman–Crippen MR) is 89.1 cm³/mol. The molecular formula is C18H25F3N2O2. The number of hydrogen-bond acceptors (Lipinski definition) is 3. The second-order valence-electron chi connectivity index (χ2n) is 7.05. The van der Waals surface area contributed by atoms with Gasteiger partial charge in [0.25, 0.3) is 0 Å². The van der Waals surface area contributed by atoms with Crippen LogP contribution >= 0.6 is 0 Å². The van der Waals surface area contributed by atoms with Crippen LogP contribution in [0.2, 0.25) is 0 Å². The lowest BCUT2D eigenvalue weighted by Gasteiger charge is -2.37. The summed E-state index contributed by atoms with van der Waals surface area (Å²) in [6.07, 6.45) is -2.55. The summed E-state index contributed by atoms with van der Waals surface area (Å²) < 4.78 is 45.5. The highest BCUT2D eigenvalue weighted by Crippen LogP contribution is 2.35. The number of alkyl halides is 3. The number of carbonyl (C=O) groups excluding carboxylic acids is 1. The van der Waals surface area contributed by atoms with Gasteiger partial charge in [-0.1, -0.05) is 18.6 Å². The molecule has 1 N–H and O–H groups in total. The molecule has 0 unspecified atom stereocenters. The van der Waals surface area contributed by atoms with E-state index < -0.39 is 17.8 Å². The lowest BCUT2D eigenvalue weighted by molar-refractivity contribution is -0.202. The van der Waals surface area contributed by atoms with E-state index in [9.17, 15) is 18.0 Å². The molecule has 1 heterocycles. The Morgan fingerprint density at radius 1 is 1.24 bits per heavy atom. The molecule has 1 atom stereocenters. The lowest BCUT2D eigenvalue weighted by atomic mass is 9.97. The molecule has 0 spiro atoms. The van der Waals surface area contributed by atoms with E-state index >= 15 is 0 Å². The standard InChI is InChI=1S/C18H25F3N2O2/c1-17(2)12-16(24)22-23(17)15(18(19,20)21)7-5-4-6-13-8-10-14(25-3)11-9-13/h8-11,15H,4-7,12H2,1-3H3,(H,22,24)/t15-/m0/s1. The third kappa shape index (κ3) is 5.11. The number of nitrogens with one attached hydrogen (secondary N) is 1. The number of amides is 1. The van der Waals surface area contributed by atoms with E-state index in [1.165, 1.54) is 0 Å². The van der Waals surface area contributed by atoms with Gasteiger partial charge in [-0.3, -0.25) is 10.2 Å². The van der Waals surface area contributed by atoms with Crippen LogP contribution in [0.4, 0.5) is 13.2 Å². The van der Waals surface area contributed by atoms with Crippen LogP contribution in [0, 0.1) is 0 Å². The topological polar surface area (TPSA) is 41.6 Å². The third-order valence-corrected chi connectivity index (χ3v) is 4.53. The van der Waals surface area contributed by atoms with Gasteiger partial charge >= 0.3 is 6.18 Å². The number of methoxy groups -OCH3 is 1. The van der Waals surface area contributed by atoms with Crippen molar-refractivity contribution in [1.82, 2.24) is 10.4 Å². The summed E-state index contributed by atoms with van der Waals surface area (Å²) in [5.41, 5.74) is 2.61. The number of ether oxygens (including phenoxy) is 1. The Kier molecular flexibility index (Phi) is 5.98. The van der Waals surface area contributed by atoms with E-state index in [1.54, 1.807) is 21.0 Å². The Balaban J connectivity index is 1.91. The van der Waals surface area contributed by atoms with Crippen molar-refractivity contribution in [3.05, 3.63) is 29.8 Å². The molecule has 140 valence electrons. The van der Waals surface area contributed by atoms with Gasteiger partial charge in [-0.05, 0) is 50.8 Å². The normalized spacial score (nSPS) is 18.9. The van der Waals surface area contributed by atoms with Crippen molar-refractivity contribution in [3.8, 4) is 5.75 Å². The average molecular weight is 358 g/mol. The minimum atomic E-state index is -4.38. The fraction of sp³-hybridized carbons (Fsp3) is 0.611. The van der Waals surface area contributed by atoms with E-state index in [1.807, 2.05) is 24.3 Å². The molecule has 0 radical (unpaired) electrons. The lowest BCUT2D eigenvalue weighted by Crippen LogP contribution is -2.56. The van der Waals surface area contributed by atoms with Crippen LogP contribution in [0.5, 0.6) is 5.75 Å². The van der Waals surface area contributed by atoms with Crippen LogP contribution in [-0.4, -0.2) is 35.8 Å². The van der Waals surface area contributed by atoms with Crippen LogP contribution in [0.3, 0.4) is 0 Å². The number of benzene rings is 1. The van der Waals surface area contributed by atoms with Crippen molar-refractivity contribution in [2.75, 3.05) is 7.11 Å². The highest BCUT2D eigenvalue weighted by molar-refractivity contribution is 5.78. The molecule has 1 saturated heterocycles. The maximum atomic E-state index is 13.5. The molecule has 7 heteroatoms. The van der Waals surface area contributed by atoms with Gasteiger partial charge in [0.05, 0.1) is 7.11 Å². The number of unbranched alkanes of at least 4 members (excludes halogenated alkanes) is 1. The minimum absolute atomic E-state index is 0.0383. The molecule has 1 aromatic rings. The van der Waals surface area contributed by atoms with Crippen molar-refractivity contribution in [2.45, 2.75) is 63.7 Å². The number of nitrogens with zero attached hydrogens (tertiary/aromatic N) is 1. The van der Waals surface area contributed by atoms with Crippen molar-refractivity contribution in [1.29, 1.82) is 0 Å². The van der Waals surface area contributed by atoms with E-state index in [0.717, 1.165) is 16.3 Å². The zero-order chi connectivity index (χ0) is 18.7. The summed E-state index contributed by atoms with van der Waals surface area (Å²) in [4.78, 5) is 11.5. The zero-order valence-electron chi connectivity index (χ0n) is 14.8. The van der Waals surface area contributed by atoms with Gasteiger partial charge in [-0.15, -0.1) is 0 Å². The van der Waals surface area contributed by atoms with E-state index in [0.29, 0.717) is 19.3 Å². The fourth-order valence-electron chi connectivity index (χ4n) is 3.20. The fourth-order valence-corrected chi connectivity index (χ4v) is 3.20. The van der Waals surface area contributed by atoms with Crippen molar-refractivity contribution in [2.24, 2.45) is 0 Å². The number of aryl methyl sites for hydroxylation is 1. The highest BCUT2D eigenvalue weighted by Gasteiger charge is 2.51. The first-order valence-corrected chi connectivity index (χ1v) is 8.42. The van der Waals surface area contributed by atoms with Crippen molar-refractivity contribution in [3.63, 3.8) is 0 Å². The molecule has 0 saturated carbocycles. The Morgan fingerprint density at radius 2 is 1.88 bits per heavy atom. The number of hydrazine groups is 1. The summed E-state index contributed by atoms with van der Waals surface area (Å²) >= 11 is 0. The first kappa shape index (κ1) is 19.6. The smallest absolute Gasteiger partial charge is 0.405 e. The maximum absolute atomic E-state index is 13.5.